The van der Waals surface area contributed by atoms with E-state index in [1.54, 1.807) is 5.57 Å². The van der Waals surface area contributed by atoms with Crippen molar-refractivity contribution in [3.63, 3.8) is 0 Å². The first-order valence-electron chi connectivity index (χ1n) is 14.7. The van der Waals surface area contributed by atoms with Crippen LogP contribution in [0.15, 0.2) is 11.6 Å². The highest BCUT2D eigenvalue weighted by molar-refractivity contribution is 5.35. The molecule has 2 N–H and O–H groups in total. The van der Waals surface area contributed by atoms with Crippen molar-refractivity contribution in [1.29, 1.82) is 0 Å². The summed E-state index contributed by atoms with van der Waals surface area (Å²) in [6, 6.07) is 0. The minimum Gasteiger partial charge on any atom is -0.393 e. The predicted molar refractivity (Wildman–Crippen MR) is 139 cm³/mol. The molecule has 190 valence electrons. The van der Waals surface area contributed by atoms with Crippen LogP contribution in [-0.2, 0) is 0 Å². The van der Waals surface area contributed by atoms with E-state index >= 15 is 0 Å². The van der Waals surface area contributed by atoms with Crippen molar-refractivity contribution in [2.75, 3.05) is 0 Å². The first-order valence-corrected chi connectivity index (χ1v) is 14.7. The van der Waals surface area contributed by atoms with E-state index in [1.807, 2.05) is 0 Å². The lowest BCUT2D eigenvalue weighted by molar-refractivity contribution is -0.0933. The van der Waals surface area contributed by atoms with E-state index in [4.69, 9.17) is 0 Å². The Morgan fingerprint density at radius 2 is 1.76 bits per heavy atom. The van der Waals surface area contributed by atoms with Crippen molar-refractivity contribution in [3.05, 3.63) is 11.6 Å². The number of hydrogen-bond donors (Lipinski definition) is 2. The topological polar surface area (TPSA) is 40.5 Å². The van der Waals surface area contributed by atoms with E-state index in [0.29, 0.717) is 29.1 Å². The number of unbranched alkanes of at least 4 members (excludes halogenated alkanes) is 1. The average Bonchev–Trinajstić information content (AvgIpc) is 3.00. The van der Waals surface area contributed by atoms with Crippen LogP contribution in [0.25, 0.3) is 0 Å². The molecular weight excluding hydrogens is 404 g/mol. The van der Waals surface area contributed by atoms with Crippen LogP contribution in [0.1, 0.15) is 125 Å². The van der Waals surface area contributed by atoms with Gasteiger partial charge in [-0.1, -0.05) is 85.3 Å². The third-order valence-electron chi connectivity index (χ3n) is 11.7. The summed E-state index contributed by atoms with van der Waals surface area (Å²) in [5, 5.41) is 22.4. The Morgan fingerprint density at radius 1 is 1.00 bits per heavy atom. The fourth-order valence-electron chi connectivity index (χ4n) is 9.72. The number of allylic oxidation sites excluding steroid dienone is 1. The molecule has 0 unspecified atom stereocenters. The van der Waals surface area contributed by atoms with E-state index in [0.717, 1.165) is 38.0 Å². The molecule has 0 amide bonds. The van der Waals surface area contributed by atoms with Crippen molar-refractivity contribution >= 4 is 0 Å². The third-order valence-corrected chi connectivity index (χ3v) is 11.7. The summed E-state index contributed by atoms with van der Waals surface area (Å²) in [5.74, 6) is 3.35. The number of hydrogen-bond acceptors (Lipinski definition) is 2. The summed E-state index contributed by atoms with van der Waals surface area (Å²) in [6.45, 7) is 14.6. The molecule has 0 aliphatic heterocycles. The van der Waals surface area contributed by atoms with Gasteiger partial charge in [0.05, 0.1) is 12.2 Å². The van der Waals surface area contributed by atoms with Crippen molar-refractivity contribution in [3.8, 4) is 0 Å². The number of aliphatic hydroxyl groups excluding tert-OH is 2. The van der Waals surface area contributed by atoms with E-state index in [2.05, 4.69) is 47.6 Å². The molecule has 0 bridgehead atoms. The molecule has 0 heterocycles. The SMILES string of the molecule is CCCC[C@]12C3=CC[C@H]4C[C@@H](O)CC[C@]4(C)[C@H]3CC[C@]1(C)[C@@H]([C@H](C)CCCC(C)C)C[C@@H]2O. The van der Waals surface area contributed by atoms with Gasteiger partial charge in [-0.25, -0.2) is 0 Å². The standard InChI is InChI=1S/C31H54O2/c1-7-8-16-31-26-13-12-23-19-24(32)14-17-29(23,5)25(26)15-18-30(31,6)27(20-28(31)33)22(4)11-9-10-21(2)3/h13,21-25,27-28,32-33H,7-12,14-20H2,1-6H3/t22-,23+,24+,25+,27-,28+,29+,30-,31-/m1/s1. The lowest BCUT2D eigenvalue weighted by atomic mass is 9.42. The van der Waals surface area contributed by atoms with Crippen molar-refractivity contribution in [1.82, 2.24) is 0 Å². The Kier molecular flexibility index (Phi) is 7.49. The summed E-state index contributed by atoms with van der Waals surface area (Å²) in [7, 11) is 0. The van der Waals surface area contributed by atoms with Crippen molar-refractivity contribution in [2.24, 2.45) is 45.8 Å². The molecule has 4 rings (SSSR count). The minimum atomic E-state index is -0.185. The molecule has 3 saturated carbocycles. The molecule has 4 aliphatic rings. The van der Waals surface area contributed by atoms with Gasteiger partial charge < -0.3 is 10.2 Å². The number of rotatable bonds is 8. The fraction of sp³-hybridized carbons (Fsp3) is 0.935. The first-order chi connectivity index (χ1) is 15.6. The van der Waals surface area contributed by atoms with Gasteiger partial charge in [0.15, 0.2) is 0 Å². The predicted octanol–water partition coefficient (Wildman–Crippen LogP) is 7.92. The lowest BCUT2D eigenvalue weighted by Crippen LogP contribution is -2.56. The summed E-state index contributed by atoms with van der Waals surface area (Å²) in [5.41, 5.74) is 2.18. The van der Waals surface area contributed by atoms with Gasteiger partial charge in [0.1, 0.15) is 0 Å². The van der Waals surface area contributed by atoms with E-state index in [1.165, 1.54) is 51.4 Å². The Morgan fingerprint density at radius 3 is 2.45 bits per heavy atom. The van der Waals surface area contributed by atoms with Gasteiger partial charge in [-0.2, -0.15) is 0 Å². The molecule has 0 aromatic rings. The van der Waals surface area contributed by atoms with Crippen LogP contribution >= 0.6 is 0 Å². The van der Waals surface area contributed by atoms with Gasteiger partial charge in [0, 0.05) is 5.41 Å². The zero-order chi connectivity index (χ0) is 24.0. The Hall–Kier alpha value is -0.340. The molecule has 3 fully saturated rings. The Balaban J connectivity index is 1.68. The molecule has 0 spiro atoms. The average molecular weight is 459 g/mol. The van der Waals surface area contributed by atoms with E-state index in [-0.39, 0.29) is 23.0 Å². The van der Waals surface area contributed by atoms with Crippen LogP contribution in [0.4, 0.5) is 0 Å². The van der Waals surface area contributed by atoms with Gasteiger partial charge in [0.2, 0.25) is 0 Å². The molecule has 0 aromatic heterocycles. The molecule has 2 nitrogen and oxygen atoms in total. The maximum Gasteiger partial charge on any atom is 0.0641 e. The van der Waals surface area contributed by atoms with Crippen molar-refractivity contribution < 1.29 is 10.2 Å². The molecule has 0 saturated heterocycles. The van der Waals surface area contributed by atoms with Crippen LogP contribution in [-0.4, -0.2) is 22.4 Å². The van der Waals surface area contributed by atoms with Crippen molar-refractivity contribution in [2.45, 2.75) is 137 Å². The van der Waals surface area contributed by atoms with Gasteiger partial charge in [-0.3, -0.25) is 0 Å². The maximum atomic E-state index is 12.0. The van der Waals surface area contributed by atoms with Crippen LogP contribution in [0.5, 0.6) is 0 Å². The summed E-state index contributed by atoms with van der Waals surface area (Å²) < 4.78 is 0. The quantitative estimate of drug-likeness (QED) is 0.363. The zero-order valence-corrected chi connectivity index (χ0v) is 22.7. The molecule has 33 heavy (non-hydrogen) atoms. The van der Waals surface area contributed by atoms with Crippen LogP contribution in [0.2, 0.25) is 0 Å². The van der Waals surface area contributed by atoms with Crippen LogP contribution in [0, 0.1) is 45.8 Å². The summed E-state index contributed by atoms with van der Waals surface area (Å²) >= 11 is 0. The first kappa shape index (κ1) is 25.7. The van der Waals surface area contributed by atoms with E-state index in [9.17, 15) is 10.2 Å². The summed E-state index contributed by atoms with van der Waals surface area (Å²) in [4.78, 5) is 0. The largest absolute Gasteiger partial charge is 0.393 e. The third kappa shape index (κ3) is 4.08. The molecule has 0 aromatic carbocycles. The smallest absolute Gasteiger partial charge is 0.0641 e. The normalized spacial score (nSPS) is 45.8. The summed E-state index contributed by atoms with van der Waals surface area (Å²) in [6.07, 6.45) is 17.7. The fourth-order valence-corrected chi connectivity index (χ4v) is 9.72. The Labute approximate surface area is 205 Å². The maximum absolute atomic E-state index is 12.0. The Bertz CT molecular complexity index is 712. The highest BCUT2D eigenvalue weighted by atomic mass is 16.3. The van der Waals surface area contributed by atoms with Crippen LogP contribution in [0.3, 0.4) is 0 Å². The molecule has 2 heteroatoms. The van der Waals surface area contributed by atoms with Gasteiger partial charge in [-0.15, -0.1) is 0 Å². The second kappa shape index (κ2) is 9.61. The molecular formula is C31H54O2. The highest BCUT2D eigenvalue weighted by Gasteiger charge is 2.68. The second-order valence-corrected chi connectivity index (χ2v) is 13.8. The number of fused-ring (bicyclic) bond motifs is 5. The lowest BCUT2D eigenvalue weighted by Gasteiger charge is -2.63. The minimum absolute atomic E-state index is 0.0209. The second-order valence-electron chi connectivity index (χ2n) is 13.8. The van der Waals surface area contributed by atoms with Gasteiger partial charge in [-0.05, 0) is 91.8 Å². The van der Waals surface area contributed by atoms with Gasteiger partial charge >= 0.3 is 0 Å². The monoisotopic (exact) mass is 458 g/mol. The highest BCUT2D eigenvalue weighted by Crippen LogP contribution is 2.73. The molecule has 0 radical (unpaired) electrons. The molecule has 4 aliphatic carbocycles. The van der Waals surface area contributed by atoms with E-state index < -0.39 is 0 Å². The molecule has 9 atom stereocenters. The van der Waals surface area contributed by atoms with Crippen LogP contribution < -0.4 is 0 Å². The number of aliphatic hydroxyl groups is 2. The zero-order valence-electron chi connectivity index (χ0n) is 22.7. The van der Waals surface area contributed by atoms with Gasteiger partial charge in [0.25, 0.3) is 0 Å².